The van der Waals surface area contributed by atoms with Crippen LogP contribution in [0.2, 0.25) is 0 Å². The average molecular weight is 385 g/mol. The summed E-state index contributed by atoms with van der Waals surface area (Å²) in [5, 5.41) is 3.00. The molecule has 0 bridgehead atoms. The molecule has 8 heteroatoms. The minimum absolute atomic E-state index is 0.0625. The number of ether oxygens (including phenoxy) is 1. The first-order valence-electron chi connectivity index (χ1n) is 9.90. The fourth-order valence-corrected chi connectivity index (χ4v) is 3.94. The van der Waals surface area contributed by atoms with Crippen LogP contribution in [0.1, 0.15) is 17.8 Å². The van der Waals surface area contributed by atoms with E-state index >= 15 is 0 Å². The minimum atomic E-state index is -0.281. The number of pyridine rings is 1. The number of nitrogens with one attached hydrogen (secondary N) is 1. The summed E-state index contributed by atoms with van der Waals surface area (Å²) in [6.45, 7) is 7.69. The number of amides is 2. The van der Waals surface area contributed by atoms with Gasteiger partial charge in [-0.05, 0) is 19.1 Å². The molecule has 2 aliphatic heterocycles. The number of aromatic nitrogens is 2. The van der Waals surface area contributed by atoms with Gasteiger partial charge < -0.3 is 19.4 Å². The summed E-state index contributed by atoms with van der Waals surface area (Å²) >= 11 is 0. The third-order valence-electron chi connectivity index (χ3n) is 5.63. The Labute approximate surface area is 164 Å². The zero-order valence-corrected chi connectivity index (χ0v) is 16.3. The smallest absolute Gasteiger partial charge is 0.225 e. The van der Waals surface area contributed by atoms with Crippen LogP contribution >= 0.6 is 0 Å². The number of nitrogens with zero attached hydrogens (tertiary/aromatic N) is 4. The molecule has 2 amide bonds. The summed E-state index contributed by atoms with van der Waals surface area (Å²) in [5.41, 5.74) is 2.74. The molecule has 150 valence electrons. The second-order valence-corrected chi connectivity index (χ2v) is 7.49. The lowest BCUT2D eigenvalue weighted by molar-refractivity contribution is -0.129. The number of hydrogen-bond donors (Lipinski definition) is 1. The van der Waals surface area contributed by atoms with Crippen molar-refractivity contribution in [2.24, 2.45) is 5.92 Å². The second kappa shape index (κ2) is 8.28. The Kier molecular flexibility index (Phi) is 5.59. The standard InChI is InChI=1S/C20H27N5O3/c1-15-17(25-5-3-2-4-18(25)22-15)13-21-20(27)16-12-19(26)24(14-16)7-6-23-8-10-28-11-9-23/h2-5,16H,6-14H2,1H3,(H,21,27). The number of likely N-dealkylation sites (tertiary alicyclic amines) is 1. The van der Waals surface area contributed by atoms with Crippen molar-refractivity contribution in [3.8, 4) is 0 Å². The van der Waals surface area contributed by atoms with Gasteiger partial charge in [0.25, 0.3) is 0 Å². The molecule has 1 atom stereocenters. The number of fused-ring (bicyclic) bond motifs is 1. The van der Waals surface area contributed by atoms with Gasteiger partial charge >= 0.3 is 0 Å². The summed E-state index contributed by atoms with van der Waals surface area (Å²) in [5.74, 6) is -0.274. The van der Waals surface area contributed by atoms with Gasteiger partial charge in [0.15, 0.2) is 0 Å². The molecule has 2 saturated heterocycles. The van der Waals surface area contributed by atoms with E-state index in [1.54, 1.807) is 0 Å². The summed E-state index contributed by atoms with van der Waals surface area (Å²) in [6, 6.07) is 5.83. The van der Waals surface area contributed by atoms with E-state index in [0.717, 1.165) is 49.9 Å². The van der Waals surface area contributed by atoms with E-state index in [1.165, 1.54) is 0 Å². The molecule has 2 aliphatic rings. The fraction of sp³-hybridized carbons (Fsp3) is 0.550. The Morgan fingerprint density at radius 2 is 2.11 bits per heavy atom. The molecule has 28 heavy (non-hydrogen) atoms. The molecule has 2 fully saturated rings. The van der Waals surface area contributed by atoms with Crippen LogP contribution in [0.15, 0.2) is 24.4 Å². The van der Waals surface area contributed by atoms with E-state index in [1.807, 2.05) is 40.6 Å². The zero-order chi connectivity index (χ0) is 19.5. The van der Waals surface area contributed by atoms with Crippen molar-refractivity contribution in [3.05, 3.63) is 35.8 Å². The lowest BCUT2D eigenvalue weighted by Crippen LogP contribution is -2.42. The van der Waals surface area contributed by atoms with Crippen LogP contribution in [0.25, 0.3) is 5.65 Å². The lowest BCUT2D eigenvalue weighted by Gasteiger charge is -2.28. The molecule has 2 aromatic rings. The van der Waals surface area contributed by atoms with Crippen LogP contribution in [0.3, 0.4) is 0 Å². The molecular weight excluding hydrogens is 358 g/mol. The number of imidazole rings is 1. The highest BCUT2D eigenvalue weighted by Crippen LogP contribution is 2.19. The molecular formula is C20H27N5O3. The van der Waals surface area contributed by atoms with E-state index in [-0.39, 0.29) is 17.7 Å². The number of hydrogen-bond acceptors (Lipinski definition) is 5. The van der Waals surface area contributed by atoms with Crippen LogP contribution in [0.4, 0.5) is 0 Å². The molecule has 0 spiro atoms. The van der Waals surface area contributed by atoms with Crippen LogP contribution < -0.4 is 5.32 Å². The Bertz CT molecular complexity index is 859. The second-order valence-electron chi connectivity index (χ2n) is 7.49. The van der Waals surface area contributed by atoms with Gasteiger partial charge in [-0.1, -0.05) is 6.07 Å². The van der Waals surface area contributed by atoms with Crippen molar-refractivity contribution in [1.29, 1.82) is 0 Å². The van der Waals surface area contributed by atoms with E-state index in [2.05, 4.69) is 15.2 Å². The molecule has 2 aromatic heterocycles. The third-order valence-corrected chi connectivity index (χ3v) is 5.63. The molecule has 1 N–H and O–H groups in total. The van der Waals surface area contributed by atoms with Crippen molar-refractivity contribution >= 4 is 17.5 Å². The third kappa shape index (κ3) is 4.02. The van der Waals surface area contributed by atoms with Gasteiger partial charge in [0.05, 0.1) is 37.1 Å². The van der Waals surface area contributed by atoms with E-state index in [4.69, 9.17) is 4.74 Å². The first kappa shape index (κ1) is 18.9. The molecule has 4 heterocycles. The van der Waals surface area contributed by atoms with Crippen LogP contribution in [0, 0.1) is 12.8 Å². The molecule has 0 saturated carbocycles. The highest BCUT2D eigenvalue weighted by atomic mass is 16.5. The number of carbonyl (C=O) groups is 2. The maximum Gasteiger partial charge on any atom is 0.225 e. The highest BCUT2D eigenvalue weighted by molar-refractivity contribution is 5.89. The van der Waals surface area contributed by atoms with Gasteiger partial charge in [0.2, 0.25) is 11.8 Å². The van der Waals surface area contributed by atoms with Crippen molar-refractivity contribution in [1.82, 2.24) is 24.5 Å². The molecule has 0 radical (unpaired) electrons. The predicted octanol–water partition coefficient (Wildman–Crippen LogP) is 0.440. The lowest BCUT2D eigenvalue weighted by atomic mass is 10.1. The summed E-state index contributed by atoms with van der Waals surface area (Å²) in [4.78, 5) is 33.6. The Balaban J connectivity index is 1.30. The zero-order valence-electron chi connectivity index (χ0n) is 16.3. The monoisotopic (exact) mass is 385 g/mol. The van der Waals surface area contributed by atoms with Gasteiger partial charge in [-0.2, -0.15) is 0 Å². The molecule has 8 nitrogen and oxygen atoms in total. The Hall–Kier alpha value is -2.45. The summed E-state index contributed by atoms with van der Waals surface area (Å²) in [7, 11) is 0. The van der Waals surface area contributed by atoms with E-state index in [0.29, 0.717) is 26.1 Å². The molecule has 0 aromatic carbocycles. The molecule has 1 unspecified atom stereocenters. The van der Waals surface area contributed by atoms with Crippen molar-refractivity contribution in [3.63, 3.8) is 0 Å². The maximum absolute atomic E-state index is 12.6. The van der Waals surface area contributed by atoms with Crippen LogP contribution in [0.5, 0.6) is 0 Å². The van der Waals surface area contributed by atoms with Crippen LogP contribution in [-0.2, 0) is 20.9 Å². The topological polar surface area (TPSA) is 79.2 Å². The number of carbonyl (C=O) groups excluding carboxylic acids is 2. The first-order chi connectivity index (χ1) is 13.6. The van der Waals surface area contributed by atoms with E-state index in [9.17, 15) is 9.59 Å². The van der Waals surface area contributed by atoms with Gasteiger partial charge in [-0.3, -0.25) is 14.5 Å². The maximum atomic E-state index is 12.6. The van der Waals surface area contributed by atoms with E-state index < -0.39 is 0 Å². The largest absolute Gasteiger partial charge is 0.379 e. The predicted molar refractivity (Wildman–Crippen MR) is 104 cm³/mol. The minimum Gasteiger partial charge on any atom is -0.379 e. The number of morpholine rings is 1. The van der Waals surface area contributed by atoms with Crippen LogP contribution in [-0.4, -0.2) is 76.9 Å². The number of rotatable bonds is 6. The summed E-state index contributed by atoms with van der Waals surface area (Å²) < 4.78 is 7.34. The highest BCUT2D eigenvalue weighted by Gasteiger charge is 2.34. The SMILES string of the molecule is Cc1nc2ccccn2c1CNC(=O)C1CC(=O)N(CCN2CCOCC2)C1. The van der Waals surface area contributed by atoms with Crippen molar-refractivity contribution < 1.29 is 14.3 Å². The number of aryl methyl sites for hydroxylation is 1. The molecule has 0 aliphatic carbocycles. The average Bonchev–Trinajstić information content (AvgIpc) is 3.24. The molecule has 4 rings (SSSR count). The fourth-order valence-electron chi connectivity index (χ4n) is 3.94. The normalized spacial score (nSPS) is 20.8. The first-order valence-corrected chi connectivity index (χ1v) is 9.90. The van der Waals surface area contributed by atoms with Gasteiger partial charge in [0.1, 0.15) is 5.65 Å². The van der Waals surface area contributed by atoms with Gasteiger partial charge in [0, 0.05) is 45.3 Å². The van der Waals surface area contributed by atoms with Gasteiger partial charge in [-0.15, -0.1) is 0 Å². The Morgan fingerprint density at radius 1 is 1.29 bits per heavy atom. The quantitative estimate of drug-likeness (QED) is 0.781. The summed E-state index contributed by atoms with van der Waals surface area (Å²) in [6.07, 6.45) is 2.24. The van der Waals surface area contributed by atoms with Gasteiger partial charge in [-0.25, -0.2) is 4.98 Å². The Morgan fingerprint density at radius 3 is 2.93 bits per heavy atom. The van der Waals surface area contributed by atoms with Crippen molar-refractivity contribution in [2.75, 3.05) is 45.9 Å². The van der Waals surface area contributed by atoms with Crippen molar-refractivity contribution in [2.45, 2.75) is 19.9 Å².